The average molecular weight is 440 g/mol. The summed E-state index contributed by atoms with van der Waals surface area (Å²) in [5.74, 6) is 5.13. The lowest BCUT2D eigenvalue weighted by Crippen LogP contribution is -2.54. The van der Waals surface area contributed by atoms with Crippen molar-refractivity contribution in [2.24, 2.45) is 23.7 Å². The van der Waals surface area contributed by atoms with Crippen molar-refractivity contribution >= 4 is 11.6 Å². The molecule has 0 aliphatic heterocycles. The molecule has 4 aliphatic rings. The van der Waals surface area contributed by atoms with E-state index in [1.54, 1.807) is 0 Å². The second-order valence-electron chi connectivity index (χ2n) is 9.89. The van der Waals surface area contributed by atoms with Crippen molar-refractivity contribution in [1.82, 2.24) is 5.32 Å². The molecule has 166 valence electrons. The van der Waals surface area contributed by atoms with E-state index in [0.717, 1.165) is 41.5 Å². The van der Waals surface area contributed by atoms with Gasteiger partial charge in [-0.3, -0.25) is 0 Å². The van der Waals surface area contributed by atoms with E-state index in [0.29, 0.717) is 30.0 Å². The van der Waals surface area contributed by atoms with Crippen LogP contribution in [-0.2, 0) is 13.2 Å². The molecule has 4 heteroatoms. The molecule has 4 aliphatic carbocycles. The number of hydrogen-bond donors (Lipinski definition) is 1. The largest absolute Gasteiger partial charge is 0.490 e. The van der Waals surface area contributed by atoms with E-state index in [4.69, 9.17) is 21.1 Å². The molecule has 0 heterocycles. The van der Waals surface area contributed by atoms with E-state index in [2.05, 4.69) is 30.4 Å². The zero-order valence-electron chi connectivity index (χ0n) is 18.7. The Kier molecular flexibility index (Phi) is 6.16. The van der Waals surface area contributed by atoms with Crippen LogP contribution in [0.15, 0.2) is 36.4 Å². The molecule has 0 amide bonds. The highest BCUT2D eigenvalue weighted by Gasteiger charge is 2.47. The minimum atomic E-state index is 0.484. The van der Waals surface area contributed by atoms with Crippen molar-refractivity contribution in [3.63, 3.8) is 0 Å². The van der Waals surface area contributed by atoms with E-state index in [1.165, 1.54) is 43.2 Å². The Morgan fingerprint density at radius 3 is 2.35 bits per heavy atom. The highest BCUT2D eigenvalue weighted by molar-refractivity contribution is 6.32. The molecule has 0 unspecified atom stereocenters. The van der Waals surface area contributed by atoms with Crippen LogP contribution in [0.1, 0.15) is 55.7 Å². The number of rotatable bonds is 8. The van der Waals surface area contributed by atoms with Crippen molar-refractivity contribution in [2.45, 2.75) is 65.1 Å². The molecule has 0 radical (unpaired) electrons. The quantitative estimate of drug-likeness (QED) is 0.506. The highest BCUT2D eigenvalue weighted by Crippen LogP contribution is 2.53. The van der Waals surface area contributed by atoms with Crippen LogP contribution in [0.25, 0.3) is 0 Å². The lowest BCUT2D eigenvalue weighted by molar-refractivity contribution is -0.0142. The van der Waals surface area contributed by atoms with Crippen LogP contribution in [0.2, 0.25) is 5.02 Å². The Morgan fingerprint density at radius 1 is 0.968 bits per heavy atom. The van der Waals surface area contributed by atoms with Crippen LogP contribution in [0.3, 0.4) is 0 Å². The van der Waals surface area contributed by atoms with Gasteiger partial charge in [-0.05, 0) is 98.4 Å². The van der Waals surface area contributed by atoms with Gasteiger partial charge in [0, 0.05) is 12.6 Å². The molecule has 31 heavy (non-hydrogen) atoms. The zero-order valence-corrected chi connectivity index (χ0v) is 19.5. The molecule has 0 atom stereocenters. The number of nitrogens with one attached hydrogen (secondary N) is 1. The summed E-state index contributed by atoms with van der Waals surface area (Å²) in [6.45, 7) is 6.01. The van der Waals surface area contributed by atoms with Crippen molar-refractivity contribution in [3.05, 3.63) is 58.1 Å². The summed E-state index contributed by atoms with van der Waals surface area (Å²) in [4.78, 5) is 0. The van der Waals surface area contributed by atoms with Crippen LogP contribution in [0.5, 0.6) is 11.5 Å². The average Bonchev–Trinajstić information content (AvgIpc) is 2.73. The lowest BCUT2D eigenvalue weighted by Gasteiger charge is -2.54. The molecule has 4 bridgehead atoms. The molecule has 0 aromatic heterocycles. The second-order valence-corrected chi connectivity index (χ2v) is 10.3. The molecule has 4 saturated carbocycles. The van der Waals surface area contributed by atoms with Gasteiger partial charge in [0.25, 0.3) is 0 Å². The fraction of sp³-hybridized carbons (Fsp3) is 0.556. The Labute approximate surface area is 191 Å². The summed E-state index contributed by atoms with van der Waals surface area (Å²) in [5.41, 5.74) is 3.55. The first-order valence-electron chi connectivity index (χ1n) is 12.0. The third-order valence-electron chi connectivity index (χ3n) is 7.77. The summed E-state index contributed by atoms with van der Waals surface area (Å²) < 4.78 is 12.1. The summed E-state index contributed by atoms with van der Waals surface area (Å²) in [6, 6.07) is 13.1. The van der Waals surface area contributed by atoms with Crippen LogP contribution < -0.4 is 14.8 Å². The fourth-order valence-electron chi connectivity index (χ4n) is 6.54. The summed E-state index contributed by atoms with van der Waals surface area (Å²) in [7, 11) is 0. The number of ether oxygens (including phenoxy) is 2. The molecule has 2 aromatic carbocycles. The molecule has 0 saturated heterocycles. The van der Waals surface area contributed by atoms with Gasteiger partial charge in [0.2, 0.25) is 0 Å². The predicted octanol–water partition coefficient (Wildman–Crippen LogP) is 6.54. The maximum atomic E-state index is 6.69. The fourth-order valence-corrected chi connectivity index (χ4v) is 6.83. The molecule has 1 N–H and O–H groups in total. The van der Waals surface area contributed by atoms with E-state index < -0.39 is 0 Å². The second kappa shape index (κ2) is 9.03. The van der Waals surface area contributed by atoms with E-state index in [-0.39, 0.29) is 0 Å². The van der Waals surface area contributed by atoms with E-state index in [1.807, 2.05) is 25.1 Å². The Hall–Kier alpha value is -1.71. The van der Waals surface area contributed by atoms with Gasteiger partial charge in [0.15, 0.2) is 11.5 Å². The van der Waals surface area contributed by atoms with Crippen LogP contribution in [0, 0.1) is 30.6 Å². The minimum Gasteiger partial charge on any atom is -0.490 e. The van der Waals surface area contributed by atoms with Gasteiger partial charge >= 0.3 is 0 Å². The van der Waals surface area contributed by atoms with Gasteiger partial charge in [-0.15, -0.1) is 0 Å². The smallest absolute Gasteiger partial charge is 0.180 e. The van der Waals surface area contributed by atoms with Crippen LogP contribution >= 0.6 is 11.6 Å². The lowest BCUT2D eigenvalue weighted by atomic mass is 9.54. The third-order valence-corrected chi connectivity index (χ3v) is 8.05. The standard InChI is InChI=1S/C27H34ClNO2/c1-3-30-25-14-20(13-24(28)27(25)31-16-21-7-5-4-6-17(21)2)15-29-26-22-9-18-8-19(11-22)12-23(26)10-18/h4-7,13-14,18-19,22-23,26,29H,3,8-12,15-16H2,1-2H3. The molecular formula is C27H34ClNO2. The van der Waals surface area contributed by atoms with Crippen molar-refractivity contribution in [1.29, 1.82) is 0 Å². The van der Waals surface area contributed by atoms with Crippen LogP contribution in [0.4, 0.5) is 0 Å². The Morgan fingerprint density at radius 2 is 1.68 bits per heavy atom. The summed E-state index contributed by atoms with van der Waals surface area (Å²) >= 11 is 6.69. The molecule has 0 spiro atoms. The molecule has 3 nitrogen and oxygen atoms in total. The first kappa shape index (κ1) is 21.2. The van der Waals surface area contributed by atoms with Gasteiger partial charge in [0.1, 0.15) is 6.61 Å². The topological polar surface area (TPSA) is 30.5 Å². The van der Waals surface area contributed by atoms with Crippen molar-refractivity contribution in [3.8, 4) is 11.5 Å². The number of aryl methyl sites for hydroxylation is 1. The predicted molar refractivity (Wildman–Crippen MR) is 126 cm³/mol. The van der Waals surface area contributed by atoms with E-state index in [9.17, 15) is 0 Å². The summed E-state index contributed by atoms with van der Waals surface area (Å²) in [5, 5.41) is 4.53. The zero-order chi connectivity index (χ0) is 21.4. The monoisotopic (exact) mass is 439 g/mol. The number of hydrogen-bond acceptors (Lipinski definition) is 3. The van der Waals surface area contributed by atoms with E-state index >= 15 is 0 Å². The third kappa shape index (κ3) is 4.45. The number of halogens is 1. The maximum absolute atomic E-state index is 6.69. The van der Waals surface area contributed by atoms with Crippen molar-refractivity contribution in [2.75, 3.05) is 6.61 Å². The van der Waals surface area contributed by atoms with Gasteiger partial charge in [-0.2, -0.15) is 0 Å². The molecule has 4 fully saturated rings. The molecule has 6 rings (SSSR count). The maximum Gasteiger partial charge on any atom is 0.180 e. The first-order chi connectivity index (χ1) is 15.1. The van der Waals surface area contributed by atoms with Gasteiger partial charge in [-0.25, -0.2) is 0 Å². The Bertz CT molecular complexity index is 899. The van der Waals surface area contributed by atoms with Gasteiger partial charge in [0.05, 0.1) is 11.6 Å². The SMILES string of the molecule is CCOc1cc(CNC2C3CC4CC(C3)CC2C4)cc(Cl)c1OCc1ccccc1C. The molecule has 2 aromatic rings. The number of benzene rings is 2. The Balaban J connectivity index is 1.28. The normalized spacial score (nSPS) is 28.7. The first-order valence-corrected chi connectivity index (χ1v) is 12.3. The highest BCUT2D eigenvalue weighted by atomic mass is 35.5. The summed E-state index contributed by atoms with van der Waals surface area (Å²) in [6.07, 6.45) is 7.22. The minimum absolute atomic E-state index is 0.484. The molecular weight excluding hydrogens is 406 g/mol. The van der Waals surface area contributed by atoms with Gasteiger partial charge < -0.3 is 14.8 Å². The van der Waals surface area contributed by atoms with Crippen LogP contribution in [-0.4, -0.2) is 12.6 Å². The van der Waals surface area contributed by atoms with Crippen molar-refractivity contribution < 1.29 is 9.47 Å². The van der Waals surface area contributed by atoms with Gasteiger partial charge in [-0.1, -0.05) is 35.9 Å².